The number of aromatic nitrogens is 2. The minimum Gasteiger partial charge on any atom is -0.349 e. The number of fused-ring (bicyclic) bond motifs is 1. The van der Waals surface area contributed by atoms with Gasteiger partial charge >= 0.3 is 0 Å². The van der Waals surface area contributed by atoms with Gasteiger partial charge in [-0.15, -0.1) is 11.8 Å². The molecule has 3 aromatic rings. The molecule has 1 aliphatic rings. The van der Waals surface area contributed by atoms with E-state index in [1.165, 1.54) is 0 Å². The van der Waals surface area contributed by atoms with Crippen molar-refractivity contribution in [2.45, 2.75) is 36.0 Å². The summed E-state index contributed by atoms with van der Waals surface area (Å²) in [5.74, 6) is 1.12. The van der Waals surface area contributed by atoms with E-state index in [4.69, 9.17) is 5.73 Å². The van der Waals surface area contributed by atoms with Crippen molar-refractivity contribution < 1.29 is 4.79 Å². The number of hydrogen-bond acceptors (Lipinski definition) is 4. The second-order valence-corrected chi connectivity index (χ2v) is 8.01. The Morgan fingerprint density at radius 3 is 2.93 bits per heavy atom. The summed E-state index contributed by atoms with van der Waals surface area (Å²) in [6, 6.07) is 13.9. The molecular formula is C21H24N4OS. The normalized spacial score (nSPS) is 19.4. The third-order valence-electron chi connectivity index (χ3n) is 5.20. The third-order valence-corrected chi connectivity index (χ3v) is 6.31. The van der Waals surface area contributed by atoms with Crippen LogP contribution in [0.5, 0.6) is 0 Å². The van der Waals surface area contributed by atoms with Crippen LogP contribution in [-0.4, -0.2) is 27.9 Å². The topological polar surface area (TPSA) is 72.4 Å². The first kappa shape index (κ1) is 18.1. The molecule has 1 amide bonds. The highest BCUT2D eigenvalue weighted by atomic mass is 32.2. The minimum atomic E-state index is -0.00143. The number of carbonyl (C=O) groups is 1. The highest BCUT2D eigenvalue weighted by Crippen LogP contribution is 2.28. The number of hydrogen-bond donors (Lipinski definition) is 2. The standard InChI is InChI=1S/C21H24N4OS/c22-12-15-6-5-8-18(15)24-21(26)17-7-1-2-9-19(17)27-14-16-13-25-11-4-3-10-20(25)23-16/h1-4,7,9-11,13,15,18H,5-6,8,12,14,22H2,(H,24,26). The van der Waals surface area contributed by atoms with Crippen molar-refractivity contribution in [1.82, 2.24) is 14.7 Å². The largest absolute Gasteiger partial charge is 0.349 e. The van der Waals surface area contributed by atoms with Crippen LogP contribution in [0.15, 0.2) is 59.8 Å². The lowest BCUT2D eigenvalue weighted by molar-refractivity contribution is 0.0926. The molecule has 0 spiro atoms. The van der Waals surface area contributed by atoms with Crippen molar-refractivity contribution in [3.63, 3.8) is 0 Å². The van der Waals surface area contributed by atoms with Crippen LogP contribution in [0.3, 0.4) is 0 Å². The lowest BCUT2D eigenvalue weighted by Crippen LogP contribution is -2.40. The number of benzene rings is 1. The van der Waals surface area contributed by atoms with E-state index in [-0.39, 0.29) is 11.9 Å². The molecule has 2 atom stereocenters. The number of nitrogens with zero attached hydrogens (tertiary/aromatic N) is 2. The zero-order valence-electron chi connectivity index (χ0n) is 15.2. The van der Waals surface area contributed by atoms with Gasteiger partial charge in [0.2, 0.25) is 0 Å². The number of carbonyl (C=O) groups excluding carboxylic acids is 1. The Morgan fingerprint density at radius 2 is 2.07 bits per heavy atom. The molecule has 3 N–H and O–H groups in total. The number of thioether (sulfide) groups is 1. The monoisotopic (exact) mass is 380 g/mol. The summed E-state index contributed by atoms with van der Waals surface area (Å²) in [4.78, 5) is 18.5. The maximum atomic E-state index is 12.9. The van der Waals surface area contributed by atoms with Gasteiger partial charge in [-0.1, -0.05) is 24.6 Å². The van der Waals surface area contributed by atoms with Crippen LogP contribution in [0.4, 0.5) is 0 Å². The van der Waals surface area contributed by atoms with Crippen LogP contribution in [0.1, 0.15) is 35.3 Å². The fraction of sp³-hybridized carbons (Fsp3) is 0.333. The molecule has 6 heteroatoms. The van der Waals surface area contributed by atoms with Crippen molar-refractivity contribution >= 4 is 23.3 Å². The van der Waals surface area contributed by atoms with Crippen LogP contribution in [0, 0.1) is 5.92 Å². The molecule has 1 fully saturated rings. The maximum absolute atomic E-state index is 12.9. The Labute approximate surface area is 163 Å². The number of nitrogens with one attached hydrogen (secondary N) is 1. The van der Waals surface area contributed by atoms with Gasteiger partial charge in [-0.2, -0.15) is 0 Å². The molecule has 1 aromatic carbocycles. The van der Waals surface area contributed by atoms with Crippen molar-refractivity contribution in [3.05, 3.63) is 66.1 Å². The highest BCUT2D eigenvalue weighted by Gasteiger charge is 2.28. The molecule has 1 aliphatic carbocycles. The van der Waals surface area contributed by atoms with E-state index in [9.17, 15) is 4.79 Å². The Balaban J connectivity index is 1.46. The Bertz CT molecular complexity index is 906. The summed E-state index contributed by atoms with van der Waals surface area (Å²) in [6.07, 6.45) is 7.29. The van der Waals surface area contributed by atoms with Crippen LogP contribution in [0.2, 0.25) is 0 Å². The predicted octanol–water partition coefficient (Wildman–Crippen LogP) is 3.48. The second-order valence-electron chi connectivity index (χ2n) is 6.99. The molecular weight excluding hydrogens is 356 g/mol. The van der Waals surface area contributed by atoms with Crippen molar-refractivity contribution in [1.29, 1.82) is 0 Å². The number of rotatable bonds is 6. The third kappa shape index (κ3) is 4.01. The van der Waals surface area contributed by atoms with Crippen LogP contribution < -0.4 is 11.1 Å². The summed E-state index contributed by atoms with van der Waals surface area (Å²) >= 11 is 1.65. The smallest absolute Gasteiger partial charge is 0.252 e. The molecule has 2 aromatic heterocycles. The van der Waals surface area contributed by atoms with Gasteiger partial charge < -0.3 is 15.5 Å². The molecule has 1 saturated carbocycles. The van der Waals surface area contributed by atoms with E-state index >= 15 is 0 Å². The molecule has 0 radical (unpaired) electrons. The first-order chi connectivity index (χ1) is 13.2. The summed E-state index contributed by atoms with van der Waals surface area (Å²) in [5.41, 5.74) is 8.52. The minimum absolute atomic E-state index is 0.00143. The van der Waals surface area contributed by atoms with Crippen LogP contribution >= 0.6 is 11.8 Å². The molecule has 4 rings (SSSR count). The van der Waals surface area contributed by atoms with Crippen LogP contribution in [0.25, 0.3) is 5.65 Å². The summed E-state index contributed by atoms with van der Waals surface area (Å²) in [5, 5.41) is 3.20. The first-order valence-electron chi connectivity index (χ1n) is 9.40. The van der Waals surface area contributed by atoms with Crippen molar-refractivity contribution in [3.8, 4) is 0 Å². The second kappa shape index (κ2) is 8.15. The predicted molar refractivity (Wildman–Crippen MR) is 109 cm³/mol. The molecule has 0 bridgehead atoms. The van der Waals surface area contributed by atoms with E-state index in [0.717, 1.165) is 46.8 Å². The lowest BCUT2D eigenvalue weighted by atomic mass is 10.0. The quantitative estimate of drug-likeness (QED) is 0.642. The van der Waals surface area contributed by atoms with Gasteiger partial charge in [0.25, 0.3) is 5.91 Å². The summed E-state index contributed by atoms with van der Waals surface area (Å²) < 4.78 is 2.02. The average Bonchev–Trinajstić information content (AvgIpc) is 3.32. The van der Waals surface area contributed by atoms with Crippen LogP contribution in [-0.2, 0) is 5.75 Å². The van der Waals surface area contributed by atoms with E-state index in [1.807, 2.05) is 59.3 Å². The Kier molecular flexibility index (Phi) is 5.45. The lowest BCUT2D eigenvalue weighted by Gasteiger charge is -2.20. The fourth-order valence-electron chi connectivity index (χ4n) is 3.74. The van der Waals surface area contributed by atoms with E-state index < -0.39 is 0 Å². The zero-order chi connectivity index (χ0) is 18.6. The number of amides is 1. The molecule has 5 nitrogen and oxygen atoms in total. The van der Waals surface area contributed by atoms with Crippen molar-refractivity contribution in [2.24, 2.45) is 11.7 Å². The SMILES string of the molecule is NCC1CCCC1NC(=O)c1ccccc1SCc1cn2ccccc2n1. The van der Waals surface area contributed by atoms with Gasteiger partial charge in [-0.25, -0.2) is 4.98 Å². The van der Waals surface area contributed by atoms with E-state index in [1.54, 1.807) is 11.8 Å². The van der Waals surface area contributed by atoms with Gasteiger partial charge in [0.05, 0.1) is 11.3 Å². The van der Waals surface area contributed by atoms with Gasteiger partial charge in [-0.3, -0.25) is 4.79 Å². The molecule has 0 aliphatic heterocycles. The summed E-state index contributed by atoms with van der Waals surface area (Å²) in [6.45, 7) is 0.634. The van der Waals surface area contributed by atoms with Gasteiger partial charge in [0.1, 0.15) is 5.65 Å². The zero-order valence-corrected chi connectivity index (χ0v) is 16.0. The number of imidazole rings is 1. The maximum Gasteiger partial charge on any atom is 0.252 e. The molecule has 27 heavy (non-hydrogen) atoms. The van der Waals surface area contributed by atoms with Crippen molar-refractivity contribution in [2.75, 3.05) is 6.54 Å². The molecule has 2 heterocycles. The van der Waals surface area contributed by atoms with E-state index in [2.05, 4.69) is 10.3 Å². The van der Waals surface area contributed by atoms with Gasteiger partial charge in [0.15, 0.2) is 0 Å². The Hall–Kier alpha value is -2.31. The summed E-state index contributed by atoms with van der Waals surface area (Å²) in [7, 11) is 0. The number of pyridine rings is 1. The Morgan fingerprint density at radius 1 is 1.22 bits per heavy atom. The molecule has 0 saturated heterocycles. The van der Waals surface area contributed by atoms with Gasteiger partial charge in [0, 0.05) is 29.1 Å². The first-order valence-corrected chi connectivity index (χ1v) is 10.4. The van der Waals surface area contributed by atoms with E-state index in [0.29, 0.717) is 12.5 Å². The molecule has 2 unspecified atom stereocenters. The fourth-order valence-corrected chi connectivity index (χ4v) is 4.68. The number of nitrogens with two attached hydrogens (primary N) is 1. The highest BCUT2D eigenvalue weighted by molar-refractivity contribution is 7.98. The molecule has 140 valence electrons. The van der Waals surface area contributed by atoms with Gasteiger partial charge in [-0.05, 0) is 49.6 Å². The average molecular weight is 381 g/mol.